The van der Waals surface area contributed by atoms with E-state index in [0.29, 0.717) is 11.5 Å². The fraction of sp³-hybridized carbons (Fsp3) is 0.333. The van der Waals surface area contributed by atoms with Crippen LogP contribution in [0.15, 0.2) is 53.9 Å². The predicted molar refractivity (Wildman–Crippen MR) is 88.3 cm³/mol. The first-order valence-electron chi connectivity index (χ1n) is 7.90. The highest BCUT2D eigenvalue weighted by atomic mass is 16.2. The molecule has 0 unspecified atom stereocenters. The summed E-state index contributed by atoms with van der Waals surface area (Å²) in [6, 6.07) is 11.4. The van der Waals surface area contributed by atoms with Gasteiger partial charge in [0.1, 0.15) is 0 Å². The molecule has 22 heavy (non-hydrogen) atoms. The molecule has 4 nitrogen and oxygen atoms in total. The fourth-order valence-corrected chi connectivity index (χ4v) is 2.93. The molecule has 1 N–H and O–H groups in total. The maximum Gasteiger partial charge on any atom is 0.273 e. The second kappa shape index (κ2) is 7.07. The van der Waals surface area contributed by atoms with Gasteiger partial charge in [-0.2, -0.15) is 5.10 Å². The number of hydrogen-bond acceptors (Lipinski definition) is 2. The van der Waals surface area contributed by atoms with Crippen LogP contribution in [0.3, 0.4) is 0 Å². The first-order valence-corrected chi connectivity index (χ1v) is 7.90. The van der Waals surface area contributed by atoms with Gasteiger partial charge in [-0.05, 0) is 43.0 Å². The van der Waals surface area contributed by atoms with Crippen molar-refractivity contribution in [3.05, 3.63) is 54.4 Å². The molecule has 1 aromatic heterocycles. The van der Waals surface area contributed by atoms with Crippen molar-refractivity contribution in [1.82, 2.24) is 9.99 Å². The molecule has 0 bridgehead atoms. The van der Waals surface area contributed by atoms with Crippen molar-refractivity contribution < 1.29 is 4.79 Å². The molecular formula is C18H21N3O. The Balaban J connectivity index is 1.69. The zero-order valence-corrected chi connectivity index (χ0v) is 12.6. The molecule has 0 spiro atoms. The lowest BCUT2D eigenvalue weighted by atomic mass is 9.90. The number of aromatic nitrogens is 1. The summed E-state index contributed by atoms with van der Waals surface area (Å²) in [7, 11) is 0. The van der Waals surface area contributed by atoms with Crippen molar-refractivity contribution in [3.8, 4) is 5.69 Å². The number of rotatable bonds is 4. The highest BCUT2D eigenvalue weighted by molar-refractivity contribution is 5.97. The number of benzene rings is 1. The summed E-state index contributed by atoms with van der Waals surface area (Å²) >= 11 is 0. The maximum absolute atomic E-state index is 12.4. The van der Waals surface area contributed by atoms with Crippen LogP contribution >= 0.6 is 0 Å². The first kappa shape index (κ1) is 14.6. The number of nitrogens with zero attached hydrogens (tertiary/aromatic N) is 2. The van der Waals surface area contributed by atoms with E-state index >= 15 is 0 Å². The van der Waals surface area contributed by atoms with Crippen LogP contribution < -0.4 is 5.43 Å². The lowest BCUT2D eigenvalue weighted by Gasteiger charge is -2.16. The van der Waals surface area contributed by atoms with Gasteiger partial charge in [-0.15, -0.1) is 0 Å². The van der Waals surface area contributed by atoms with E-state index in [9.17, 15) is 4.79 Å². The van der Waals surface area contributed by atoms with Gasteiger partial charge in [-0.3, -0.25) is 4.79 Å². The van der Waals surface area contributed by atoms with Gasteiger partial charge >= 0.3 is 0 Å². The molecule has 1 aliphatic rings. The van der Waals surface area contributed by atoms with E-state index in [1.165, 1.54) is 32.1 Å². The molecule has 1 fully saturated rings. The summed E-state index contributed by atoms with van der Waals surface area (Å²) < 4.78 is 1.93. The molecule has 1 heterocycles. The highest BCUT2D eigenvalue weighted by Gasteiger charge is 2.13. The van der Waals surface area contributed by atoms with Crippen molar-refractivity contribution in [2.75, 3.05) is 0 Å². The van der Waals surface area contributed by atoms with Gasteiger partial charge < -0.3 is 4.57 Å². The Hall–Kier alpha value is -2.36. The third kappa shape index (κ3) is 3.45. The Bertz CT molecular complexity index is 640. The third-order valence-corrected chi connectivity index (χ3v) is 4.13. The van der Waals surface area contributed by atoms with E-state index in [-0.39, 0.29) is 5.91 Å². The molecule has 1 amide bonds. The Labute approximate surface area is 130 Å². The quantitative estimate of drug-likeness (QED) is 0.677. The average Bonchev–Trinajstić information content (AvgIpc) is 3.10. The maximum atomic E-state index is 12.4. The summed E-state index contributed by atoms with van der Waals surface area (Å²) in [6.07, 6.45) is 12.0. The van der Waals surface area contributed by atoms with E-state index in [1.54, 1.807) is 0 Å². The fourth-order valence-electron chi connectivity index (χ4n) is 2.93. The Kier molecular flexibility index (Phi) is 4.68. The van der Waals surface area contributed by atoms with Gasteiger partial charge in [0.2, 0.25) is 0 Å². The summed E-state index contributed by atoms with van der Waals surface area (Å²) in [5, 5.41) is 4.16. The molecule has 1 aliphatic carbocycles. The molecule has 1 saturated carbocycles. The zero-order chi connectivity index (χ0) is 15.2. The molecule has 2 aromatic rings. The van der Waals surface area contributed by atoms with Gasteiger partial charge in [0.05, 0.1) is 11.3 Å². The minimum atomic E-state index is -0.170. The van der Waals surface area contributed by atoms with Crippen LogP contribution in [0, 0.1) is 5.92 Å². The van der Waals surface area contributed by atoms with E-state index in [4.69, 9.17) is 0 Å². The first-order chi connectivity index (χ1) is 10.8. The Morgan fingerprint density at radius 1 is 1.09 bits per heavy atom. The summed E-state index contributed by atoms with van der Waals surface area (Å²) in [6.45, 7) is 0. The Morgan fingerprint density at radius 3 is 2.59 bits per heavy atom. The van der Waals surface area contributed by atoms with E-state index in [1.807, 2.05) is 59.6 Å². The Morgan fingerprint density at radius 2 is 1.82 bits per heavy atom. The van der Waals surface area contributed by atoms with E-state index in [0.717, 1.165) is 5.69 Å². The van der Waals surface area contributed by atoms with Crippen molar-refractivity contribution in [3.63, 3.8) is 0 Å². The van der Waals surface area contributed by atoms with Gasteiger partial charge in [0, 0.05) is 18.6 Å². The van der Waals surface area contributed by atoms with Crippen LogP contribution in [0.25, 0.3) is 5.69 Å². The van der Waals surface area contributed by atoms with Crippen LogP contribution in [0.2, 0.25) is 0 Å². The van der Waals surface area contributed by atoms with Gasteiger partial charge in [-0.25, -0.2) is 5.43 Å². The second-order valence-electron chi connectivity index (χ2n) is 5.72. The molecule has 3 rings (SSSR count). The third-order valence-electron chi connectivity index (χ3n) is 4.13. The monoisotopic (exact) mass is 295 g/mol. The zero-order valence-electron chi connectivity index (χ0n) is 12.6. The van der Waals surface area contributed by atoms with Crippen LogP contribution in [0.1, 0.15) is 42.5 Å². The lowest BCUT2D eigenvalue weighted by molar-refractivity contribution is 0.0955. The number of amides is 1. The smallest absolute Gasteiger partial charge is 0.273 e. The molecule has 0 saturated heterocycles. The molecular weight excluding hydrogens is 274 g/mol. The standard InChI is InChI=1S/C18H21N3O/c22-18(20-19-14-15-8-2-1-3-9-15)16-10-4-5-11-17(16)21-12-6-7-13-21/h4-7,10-15H,1-3,8-9H2,(H,20,22)/b19-14-. The van der Waals surface area contributed by atoms with Gasteiger partial charge in [0.25, 0.3) is 5.91 Å². The van der Waals surface area contributed by atoms with Crippen molar-refractivity contribution in [2.45, 2.75) is 32.1 Å². The molecule has 0 atom stereocenters. The number of para-hydroxylation sites is 1. The summed E-state index contributed by atoms with van der Waals surface area (Å²) in [5.41, 5.74) is 4.15. The van der Waals surface area contributed by atoms with E-state index in [2.05, 4.69) is 10.5 Å². The van der Waals surface area contributed by atoms with Crippen molar-refractivity contribution >= 4 is 12.1 Å². The number of carbonyl (C=O) groups is 1. The van der Waals surface area contributed by atoms with Crippen LogP contribution in [0.4, 0.5) is 0 Å². The van der Waals surface area contributed by atoms with Gasteiger partial charge in [-0.1, -0.05) is 31.4 Å². The molecule has 0 aliphatic heterocycles. The van der Waals surface area contributed by atoms with Crippen LogP contribution in [-0.2, 0) is 0 Å². The van der Waals surface area contributed by atoms with Gasteiger partial charge in [0.15, 0.2) is 0 Å². The molecule has 0 radical (unpaired) electrons. The number of carbonyl (C=O) groups excluding carboxylic acids is 1. The van der Waals surface area contributed by atoms with Crippen LogP contribution in [-0.4, -0.2) is 16.7 Å². The molecule has 1 aromatic carbocycles. The molecule has 4 heteroatoms. The predicted octanol–water partition coefficient (Wildman–Crippen LogP) is 3.77. The average molecular weight is 295 g/mol. The summed E-state index contributed by atoms with van der Waals surface area (Å²) in [4.78, 5) is 12.4. The number of nitrogens with one attached hydrogen (secondary N) is 1. The highest BCUT2D eigenvalue weighted by Crippen LogP contribution is 2.21. The second-order valence-corrected chi connectivity index (χ2v) is 5.72. The minimum Gasteiger partial charge on any atom is -0.323 e. The van der Waals surface area contributed by atoms with Crippen LogP contribution in [0.5, 0.6) is 0 Å². The lowest BCUT2D eigenvalue weighted by Crippen LogP contribution is -2.20. The largest absolute Gasteiger partial charge is 0.323 e. The SMILES string of the molecule is O=C(N/N=C\C1CCCCC1)c1ccccc1-n1cccc1. The van der Waals surface area contributed by atoms with Crippen molar-refractivity contribution in [2.24, 2.45) is 11.0 Å². The topological polar surface area (TPSA) is 46.4 Å². The normalized spacial score (nSPS) is 16.0. The minimum absolute atomic E-state index is 0.170. The van der Waals surface area contributed by atoms with Crippen molar-refractivity contribution in [1.29, 1.82) is 0 Å². The van der Waals surface area contributed by atoms with E-state index < -0.39 is 0 Å². The number of hydrogen-bond donors (Lipinski definition) is 1. The number of hydrazone groups is 1. The summed E-state index contributed by atoms with van der Waals surface area (Å²) in [5.74, 6) is 0.338. The molecule has 114 valence electrons.